The summed E-state index contributed by atoms with van der Waals surface area (Å²) in [6, 6.07) is 8.35. The van der Waals surface area contributed by atoms with E-state index < -0.39 is 0 Å². The van der Waals surface area contributed by atoms with Crippen LogP contribution in [0.5, 0.6) is 5.75 Å². The standard InChI is InChI=1S/C37H68O/c1-4-7-10-13-15-17-19-21-23-28-33-37(32-27-12-9-6-3,35-30-25-26-31-36(35)38)34-29-24-22-20-18-16-14-11-8-5-2/h25-26,30-31,38H,4-24,27-29,32-34H2,1-3H3. The van der Waals surface area contributed by atoms with Crippen LogP contribution in [0.4, 0.5) is 0 Å². The summed E-state index contributed by atoms with van der Waals surface area (Å²) in [6.45, 7) is 6.91. The molecule has 222 valence electrons. The minimum Gasteiger partial charge on any atom is -0.508 e. The zero-order valence-electron chi connectivity index (χ0n) is 26.3. The molecular weight excluding hydrogens is 460 g/mol. The third kappa shape index (κ3) is 16.9. The number of phenolic OH excluding ortho intramolecular Hbond substituents is 1. The maximum atomic E-state index is 11.0. The lowest BCUT2D eigenvalue weighted by Crippen LogP contribution is -2.27. The lowest BCUT2D eigenvalue weighted by molar-refractivity contribution is 0.289. The Bertz CT molecular complexity index is 597. The summed E-state index contributed by atoms with van der Waals surface area (Å²) in [4.78, 5) is 0. The summed E-state index contributed by atoms with van der Waals surface area (Å²) < 4.78 is 0. The van der Waals surface area contributed by atoms with Gasteiger partial charge >= 0.3 is 0 Å². The van der Waals surface area contributed by atoms with Crippen LogP contribution in [0.3, 0.4) is 0 Å². The molecular formula is C37H68O. The van der Waals surface area contributed by atoms with Crippen molar-refractivity contribution < 1.29 is 5.11 Å². The Morgan fingerprint density at radius 3 is 1.05 bits per heavy atom. The first-order valence-electron chi connectivity index (χ1n) is 17.5. The fourth-order valence-corrected chi connectivity index (χ4v) is 6.49. The molecule has 1 aromatic rings. The number of rotatable bonds is 28. The molecule has 0 aliphatic heterocycles. The molecule has 0 spiro atoms. The highest BCUT2D eigenvalue weighted by atomic mass is 16.3. The van der Waals surface area contributed by atoms with Crippen LogP contribution in [0.15, 0.2) is 24.3 Å². The third-order valence-corrected chi connectivity index (χ3v) is 9.00. The van der Waals surface area contributed by atoms with Crippen molar-refractivity contribution in [1.82, 2.24) is 0 Å². The lowest BCUT2D eigenvalue weighted by atomic mass is 9.69. The summed E-state index contributed by atoms with van der Waals surface area (Å²) in [5.74, 6) is 0.544. The quantitative estimate of drug-likeness (QED) is 0.107. The van der Waals surface area contributed by atoms with Crippen molar-refractivity contribution in [2.45, 2.75) is 200 Å². The molecule has 0 aliphatic rings. The van der Waals surface area contributed by atoms with Gasteiger partial charge < -0.3 is 5.11 Å². The van der Waals surface area contributed by atoms with Crippen molar-refractivity contribution in [2.24, 2.45) is 0 Å². The number of hydrogen-bond donors (Lipinski definition) is 1. The number of unbranched alkanes of at least 4 members (excludes halogenated alkanes) is 21. The maximum absolute atomic E-state index is 11.0. The molecule has 1 heteroatoms. The molecule has 38 heavy (non-hydrogen) atoms. The zero-order chi connectivity index (χ0) is 27.6. The van der Waals surface area contributed by atoms with Crippen LogP contribution in [0, 0.1) is 0 Å². The van der Waals surface area contributed by atoms with E-state index in [1.54, 1.807) is 0 Å². The minimum atomic E-state index is 0.166. The van der Waals surface area contributed by atoms with Gasteiger partial charge in [-0.25, -0.2) is 0 Å². The predicted molar refractivity (Wildman–Crippen MR) is 171 cm³/mol. The third-order valence-electron chi connectivity index (χ3n) is 9.00. The van der Waals surface area contributed by atoms with E-state index in [0.717, 1.165) is 0 Å². The molecule has 0 radical (unpaired) electrons. The van der Waals surface area contributed by atoms with Crippen LogP contribution in [0.2, 0.25) is 0 Å². The first kappa shape index (κ1) is 35.0. The van der Waals surface area contributed by atoms with E-state index in [1.807, 2.05) is 12.1 Å². The average molecular weight is 529 g/mol. The summed E-state index contributed by atoms with van der Waals surface area (Å²) in [5, 5.41) is 11.0. The van der Waals surface area contributed by atoms with Gasteiger partial charge in [0.2, 0.25) is 0 Å². The van der Waals surface area contributed by atoms with Gasteiger partial charge in [-0.1, -0.05) is 193 Å². The van der Waals surface area contributed by atoms with Crippen molar-refractivity contribution in [2.75, 3.05) is 0 Å². The summed E-state index contributed by atoms with van der Waals surface area (Å²) in [7, 11) is 0. The second-order valence-corrected chi connectivity index (χ2v) is 12.5. The van der Waals surface area contributed by atoms with Crippen LogP contribution < -0.4 is 0 Å². The van der Waals surface area contributed by atoms with Crippen LogP contribution in [0.1, 0.15) is 200 Å². The van der Waals surface area contributed by atoms with E-state index >= 15 is 0 Å². The second kappa shape index (κ2) is 25.0. The summed E-state index contributed by atoms with van der Waals surface area (Å²) in [6.07, 6.45) is 36.9. The van der Waals surface area contributed by atoms with Gasteiger partial charge in [0.05, 0.1) is 0 Å². The zero-order valence-corrected chi connectivity index (χ0v) is 26.3. The van der Waals surface area contributed by atoms with Crippen LogP contribution in [-0.4, -0.2) is 5.11 Å². The smallest absolute Gasteiger partial charge is 0.119 e. The molecule has 1 nitrogen and oxygen atoms in total. The highest BCUT2D eigenvalue weighted by Gasteiger charge is 2.33. The molecule has 1 N–H and O–H groups in total. The van der Waals surface area contributed by atoms with Crippen molar-refractivity contribution in [3.05, 3.63) is 29.8 Å². The molecule has 0 heterocycles. The van der Waals surface area contributed by atoms with E-state index in [-0.39, 0.29) is 5.41 Å². The minimum absolute atomic E-state index is 0.166. The molecule has 0 saturated carbocycles. The van der Waals surface area contributed by atoms with Gasteiger partial charge in [-0.2, -0.15) is 0 Å². The first-order valence-corrected chi connectivity index (χ1v) is 17.5. The molecule has 0 aliphatic carbocycles. The summed E-state index contributed by atoms with van der Waals surface area (Å²) in [5.41, 5.74) is 1.42. The molecule has 0 aromatic heterocycles. The number of hydrogen-bond acceptors (Lipinski definition) is 1. The van der Waals surface area contributed by atoms with Gasteiger partial charge in [-0.05, 0) is 30.7 Å². The van der Waals surface area contributed by atoms with E-state index in [2.05, 4.69) is 32.9 Å². The number of phenols is 1. The number of para-hydroxylation sites is 1. The largest absolute Gasteiger partial charge is 0.508 e. The highest BCUT2D eigenvalue weighted by molar-refractivity contribution is 5.38. The lowest BCUT2D eigenvalue weighted by Gasteiger charge is -2.36. The molecule has 0 atom stereocenters. The maximum Gasteiger partial charge on any atom is 0.119 e. The highest BCUT2D eigenvalue weighted by Crippen LogP contribution is 2.44. The van der Waals surface area contributed by atoms with Gasteiger partial charge in [-0.3, -0.25) is 0 Å². The Labute approximate surface area is 240 Å². The topological polar surface area (TPSA) is 20.2 Å². The van der Waals surface area contributed by atoms with Crippen molar-refractivity contribution in [3.8, 4) is 5.75 Å². The number of benzene rings is 1. The van der Waals surface area contributed by atoms with Crippen molar-refractivity contribution in [1.29, 1.82) is 0 Å². The molecule has 1 rings (SSSR count). The number of aromatic hydroxyl groups is 1. The van der Waals surface area contributed by atoms with Gasteiger partial charge in [0, 0.05) is 5.56 Å². The monoisotopic (exact) mass is 529 g/mol. The first-order chi connectivity index (χ1) is 18.7. The second-order valence-electron chi connectivity index (χ2n) is 12.5. The Hall–Kier alpha value is -0.980. The molecule has 0 saturated heterocycles. The summed E-state index contributed by atoms with van der Waals surface area (Å²) >= 11 is 0. The molecule has 0 fully saturated rings. The normalized spacial score (nSPS) is 11.9. The van der Waals surface area contributed by atoms with Gasteiger partial charge in [-0.15, -0.1) is 0 Å². The van der Waals surface area contributed by atoms with Crippen molar-refractivity contribution >= 4 is 0 Å². The molecule has 0 bridgehead atoms. The Morgan fingerprint density at radius 1 is 0.421 bits per heavy atom. The van der Waals surface area contributed by atoms with E-state index in [1.165, 1.54) is 179 Å². The van der Waals surface area contributed by atoms with Gasteiger partial charge in [0.25, 0.3) is 0 Å². The fraction of sp³-hybridized carbons (Fsp3) is 0.838. The van der Waals surface area contributed by atoms with Gasteiger partial charge in [0.1, 0.15) is 5.75 Å². The van der Waals surface area contributed by atoms with E-state index in [4.69, 9.17) is 0 Å². The van der Waals surface area contributed by atoms with E-state index in [9.17, 15) is 5.11 Å². The molecule has 0 amide bonds. The fourth-order valence-electron chi connectivity index (χ4n) is 6.49. The average Bonchev–Trinajstić information content (AvgIpc) is 2.93. The van der Waals surface area contributed by atoms with Gasteiger partial charge in [0.15, 0.2) is 0 Å². The van der Waals surface area contributed by atoms with Crippen LogP contribution >= 0.6 is 0 Å². The Morgan fingerprint density at radius 2 is 0.711 bits per heavy atom. The Kier molecular flexibility index (Phi) is 23.1. The molecule has 1 aromatic carbocycles. The van der Waals surface area contributed by atoms with Crippen LogP contribution in [-0.2, 0) is 5.41 Å². The SMILES string of the molecule is CCCCCCCCCCCCC(CCCCCC)(CCCCCCCCCCCC)c1ccccc1O. The Balaban J connectivity index is 2.61. The van der Waals surface area contributed by atoms with E-state index in [0.29, 0.717) is 5.75 Å². The molecule has 0 unspecified atom stereocenters. The van der Waals surface area contributed by atoms with Crippen LogP contribution in [0.25, 0.3) is 0 Å². The van der Waals surface area contributed by atoms with Crippen molar-refractivity contribution in [3.63, 3.8) is 0 Å². The predicted octanol–water partition coefficient (Wildman–Crippen LogP) is 13.2.